The van der Waals surface area contributed by atoms with Crippen LogP contribution in [-0.4, -0.2) is 31.3 Å². The third-order valence-electron chi connectivity index (χ3n) is 7.52. The van der Waals surface area contributed by atoms with E-state index in [0.29, 0.717) is 20.8 Å². The molecule has 2 atom stereocenters. The predicted molar refractivity (Wildman–Crippen MR) is 168 cm³/mol. The summed E-state index contributed by atoms with van der Waals surface area (Å²) in [7, 11) is 0. The summed E-state index contributed by atoms with van der Waals surface area (Å²) in [5.74, 6) is 0.819. The molecule has 0 saturated heterocycles. The van der Waals surface area contributed by atoms with Gasteiger partial charge in [0.05, 0.1) is 0 Å². The van der Waals surface area contributed by atoms with E-state index in [1.165, 1.54) is 107 Å². The Balaban J connectivity index is 2.37. The summed E-state index contributed by atoms with van der Waals surface area (Å²) in [6.07, 6.45) is 23.2. The third-order valence-corrected chi connectivity index (χ3v) is 9.43. The van der Waals surface area contributed by atoms with Gasteiger partial charge in [-0.1, -0.05) is 65.2 Å². The summed E-state index contributed by atoms with van der Waals surface area (Å²) in [5.41, 5.74) is 0.684. The summed E-state index contributed by atoms with van der Waals surface area (Å²) in [4.78, 5) is 13.0. The van der Waals surface area contributed by atoms with Crippen LogP contribution in [0.15, 0.2) is 24.3 Å². The second kappa shape index (κ2) is 26.9. The second-order valence-electron chi connectivity index (χ2n) is 11.4. The van der Waals surface area contributed by atoms with Gasteiger partial charge in [0.2, 0.25) is 0 Å². The van der Waals surface area contributed by atoms with Crippen molar-refractivity contribution < 1.29 is 29.5 Å². The Morgan fingerprint density at radius 1 is 0.700 bits per heavy atom. The molecule has 2 unspecified atom stereocenters. The number of hydrogen-bond donors (Lipinski definition) is 1. The number of unbranched alkanes of at least 4 members (excludes halogenated alkanes) is 14. The van der Waals surface area contributed by atoms with Crippen LogP contribution in [0.25, 0.3) is 0 Å². The van der Waals surface area contributed by atoms with Crippen LogP contribution in [0.4, 0.5) is 0 Å². The molecule has 1 aromatic rings. The summed E-state index contributed by atoms with van der Waals surface area (Å²) < 4.78 is 12.3. The van der Waals surface area contributed by atoms with Gasteiger partial charge < -0.3 is 0 Å². The number of hydrogen-bond acceptors (Lipinski definition) is 3. The number of nitrogens with one attached hydrogen (secondary N) is 1. The fourth-order valence-corrected chi connectivity index (χ4v) is 6.30. The van der Waals surface area contributed by atoms with Crippen LogP contribution in [0.1, 0.15) is 154 Å². The van der Waals surface area contributed by atoms with Crippen molar-refractivity contribution in [2.24, 2.45) is 0 Å². The topological polar surface area (TPSA) is 47.6 Å². The molecule has 0 aliphatic carbocycles. The molecule has 232 valence electrons. The maximum absolute atomic E-state index is 13.0. The van der Waals surface area contributed by atoms with Gasteiger partial charge >= 0.3 is 184 Å². The molecule has 1 N–H and O–H groups in total. The number of benzene rings is 1. The van der Waals surface area contributed by atoms with Crippen LogP contribution in [0.5, 0.6) is 5.75 Å². The van der Waals surface area contributed by atoms with Crippen LogP contribution in [0.3, 0.4) is 0 Å². The molecule has 0 spiro atoms. The van der Waals surface area contributed by atoms with Gasteiger partial charge in [-0.15, -0.1) is 0 Å². The van der Waals surface area contributed by atoms with Crippen molar-refractivity contribution in [1.82, 2.24) is 5.32 Å². The Hall–Kier alpha value is -1.02. The summed E-state index contributed by atoms with van der Waals surface area (Å²) in [6.45, 7) is 10.4. The first-order chi connectivity index (χ1) is 19.6. The van der Waals surface area contributed by atoms with E-state index in [1.54, 1.807) is 0 Å². The van der Waals surface area contributed by atoms with Crippen molar-refractivity contribution in [3.8, 4) is 5.75 Å². The quantitative estimate of drug-likeness (QED) is 0.0978. The van der Waals surface area contributed by atoms with E-state index in [4.69, 9.17) is 9.47 Å². The molecule has 40 heavy (non-hydrogen) atoms. The molecule has 0 aromatic heterocycles. The van der Waals surface area contributed by atoms with Crippen LogP contribution >= 0.6 is 0 Å². The molecule has 5 heteroatoms. The van der Waals surface area contributed by atoms with Crippen molar-refractivity contribution in [3.05, 3.63) is 29.8 Å². The van der Waals surface area contributed by atoms with Crippen molar-refractivity contribution in [3.63, 3.8) is 0 Å². The van der Waals surface area contributed by atoms with Gasteiger partial charge in [0, 0.05) is 0 Å². The van der Waals surface area contributed by atoms with E-state index in [0.717, 1.165) is 38.2 Å². The number of ether oxygens (including phenoxy) is 2. The van der Waals surface area contributed by atoms with Gasteiger partial charge in [0.15, 0.2) is 0 Å². The third kappa shape index (κ3) is 20.0. The van der Waals surface area contributed by atoms with Crippen molar-refractivity contribution in [2.45, 2.75) is 166 Å². The second-order valence-corrected chi connectivity index (χ2v) is 13.3. The minimum atomic E-state index is -0.0260. The predicted octanol–water partition coefficient (Wildman–Crippen LogP) is 10.6. The van der Waals surface area contributed by atoms with Crippen molar-refractivity contribution >= 4 is 5.91 Å². The van der Waals surface area contributed by atoms with Gasteiger partial charge in [-0.2, -0.15) is 0 Å². The molecule has 1 rings (SSSR count). The standard InChI is InChI=1S/C32H56NO3.C3H7.Cr/c1-5-8-10-12-14-16-18-20-26-35-30-24-22-29(23-25-30)32(34)33-28(4)31(7-3)36-27-21-19-17-15-13-11-9-6-2;1-3-2;/h22-25,28,31H,3,5-21,26-27H2,1-2,4H3,(H,33,34);1,3H2,2H3;. The minimum absolute atomic E-state index is 0.00290. The van der Waals surface area contributed by atoms with E-state index in [2.05, 4.69) is 33.0 Å². The first-order valence-electron chi connectivity index (χ1n) is 16.8. The maximum atomic E-state index is 13.0. The van der Waals surface area contributed by atoms with Gasteiger partial charge in [-0.25, -0.2) is 0 Å². The molecule has 4 nitrogen and oxygen atoms in total. The number of carbonyl (C=O) groups excluding carboxylic acids is 1. The molecule has 1 amide bonds. The Labute approximate surface area is 254 Å². The summed E-state index contributed by atoms with van der Waals surface area (Å²) >= 11 is 0.670. The van der Waals surface area contributed by atoms with Crippen molar-refractivity contribution in [2.75, 3.05) is 13.2 Å². The molecule has 0 heterocycles. The zero-order chi connectivity index (χ0) is 29.1. The van der Waals surface area contributed by atoms with E-state index < -0.39 is 0 Å². The fourth-order valence-electron chi connectivity index (χ4n) is 4.91. The van der Waals surface area contributed by atoms with Gasteiger partial charge in [-0.3, -0.25) is 0 Å². The molecule has 0 aliphatic rings. The molecule has 1 aromatic carbocycles. The Kier molecular flexibility index (Phi) is 24.8. The molecule has 0 bridgehead atoms. The van der Waals surface area contributed by atoms with E-state index in [1.807, 2.05) is 24.3 Å². The summed E-state index contributed by atoms with van der Waals surface area (Å²) in [6, 6.07) is 7.61. The molecule has 0 fully saturated rings. The molecular weight excluding hydrogens is 534 g/mol. The first kappa shape index (κ1) is 37.0. The van der Waals surface area contributed by atoms with Crippen LogP contribution < -0.4 is 10.1 Å². The van der Waals surface area contributed by atoms with E-state index in [9.17, 15) is 4.79 Å². The van der Waals surface area contributed by atoms with Crippen LogP contribution in [0.2, 0.25) is 10.6 Å². The SMILES string of the molecule is CCCCCCCCCCOc1ccc(C(=O)NC(C)C(C[CH2][Cr][CH2]CC)OCCCCCCCCCC)cc1. The number of carbonyl (C=O) groups is 1. The van der Waals surface area contributed by atoms with Gasteiger partial charge in [-0.05, 0) is 6.42 Å². The number of amides is 1. The fraction of sp³-hybridized carbons (Fsp3) is 0.800. The normalized spacial score (nSPS) is 12.8. The van der Waals surface area contributed by atoms with Gasteiger partial charge in [0.1, 0.15) is 0 Å². The average Bonchev–Trinajstić information content (AvgIpc) is 2.96. The molecular formula is C35H63CrNO3. The molecule has 0 aliphatic heterocycles. The zero-order valence-corrected chi connectivity index (χ0v) is 27.9. The molecule has 0 saturated carbocycles. The van der Waals surface area contributed by atoms with Crippen LogP contribution in [0, 0.1) is 0 Å². The average molecular weight is 598 g/mol. The summed E-state index contributed by atoms with van der Waals surface area (Å²) in [5, 5.41) is 5.77. The van der Waals surface area contributed by atoms with Gasteiger partial charge in [0.25, 0.3) is 0 Å². The first-order valence-corrected chi connectivity index (χ1v) is 18.7. The zero-order valence-electron chi connectivity index (χ0n) is 26.7. The van der Waals surface area contributed by atoms with Crippen LogP contribution in [-0.2, 0) is 20.0 Å². The Bertz CT molecular complexity index is 696. The molecule has 0 radical (unpaired) electrons. The monoisotopic (exact) mass is 597 g/mol. The Morgan fingerprint density at radius 3 is 1.77 bits per heavy atom. The number of rotatable bonds is 28. The van der Waals surface area contributed by atoms with Crippen molar-refractivity contribution in [1.29, 1.82) is 0 Å². The van der Waals surface area contributed by atoms with E-state index >= 15 is 0 Å². The van der Waals surface area contributed by atoms with E-state index in [-0.39, 0.29) is 18.1 Å². The Morgan fingerprint density at radius 2 is 1.23 bits per heavy atom.